The fourth-order valence-electron chi connectivity index (χ4n) is 1.75. The highest BCUT2D eigenvalue weighted by Crippen LogP contribution is 2.32. The van der Waals surface area contributed by atoms with E-state index >= 15 is 0 Å². The molecule has 7 nitrogen and oxygen atoms in total. The van der Waals surface area contributed by atoms with Gasteiger partial charge in [0, 0.05) is 19.1 Å². The number of carbonyl (C=O) groups is 2. The minimum Gasteiger partial charge on any atom is -0.465 e. The van der Waals surface area contributed by atoms with Gasteiger partial charge in [-0.05, 0) is 0 Å². The minimum atomic E-state index is -0.459. The molecular formula is C14H23N3O4S. The van der Waals surface area contributed by atoms with Crippen molar-refractivity contribution in [3.8, 4) is 0 Å². The summed E-state index contributed by atoms with van der Waals surface area (Å²) in [5.41, 5.74) is 5.75. The number of hydrogen-bond acceptors (Lipinski definition) is 7. The van der Waals surface area contributed by atoms with Crippen molar-refractivity contribution < 1.29 is 19.1 Å². The number of nitrogens with two attached hydrogens (primary N) is 1. The van der Waals surface area contributed by atoms with Crippen LogP contribution in [0, 0.1) is 0 Å². The van der Waals surface area contributed by atoms with Crippen molar-refractivity contribution >= 4 is 28.3 Å². The molecule has 1 aromatic rings. The van der Waals surface area contributed by atoms with Crippen molar-refractivity contribution in [3.05, 3.63) is 10.6 Å². The number of nitrogens with zero attached hydrogens (tertiary/aromatic N) is 1. The summed E-state index contributed by atoms with van der Waals surface area (Å²) in [6.07, 6.45) is -0.215. The Morgan fingerprint density at radius 3 is 2.45 bits per heavy atom. The Kier molecular flexibility index (Phi) is 6.46. The summed E-state index contributed by atoms with van der Waals surface area (Å²) in [7, 11) is 2.82. The first-order chi connectivity index (χ1) is 10.2. The molecule has 1 aromatic heterocycles. The standard InChI is InChI=1S/C14H23N3O4S/c1-14(2,3)11-10(12(19)21-5)22-13(17-11)16-9(18)6-8(7-15)20-4/h8H,6-7,15H2,1-5H3,(H,16,17,18). The largest absolute Gasteiger partial charge is 0.465 e. The van der Waals surface area contributed by atoms with Gasteiger partial charge < -0.3 is 20.5 Å². The van der Waals surface area contributed by atoms with Crippen molar-refractivity contribution in [3.63, 3.8) is 0 Å². The molecule has 1 unspecified atom stereocenters. The van der Waals surface area contributed by atoms with Gasteiger partial charge in [-0.25, -0.2) is 9.78 Å². The zero-order valence-corrected chi connectivity index (χ0v) is 14.4. The molecule has 1 amide bonds. The van der Waals surface area contributed by atoms with Crippen LogP contribution < -0.4 is 11.1 Å². The lowest BCUT2D eigenvalue weighted by atomic mass is 9.91. The number of esters is 1. The van der Waals surface area contributed by atoms with E-state index < -0.39 is 5.97 Å². The molecule has 0 aliphatic rings. The van der Waals surface area contributed by atoms with Gasteiger partial charge in [0.05, 0.1) is 25.3 Å². The number of rotatable bonds is 6. The number of nitrogens with one attached hydrogen (secondary N) is 1. The van der Waals surface area contributed by atoms with Crippen LogP contribution >= 0.6 is 11.3 Å². The van der Waals surface area contributed by atoms with Gasteiger partial charge in [-0.15, -0.1) is 0 Å². The van der Waals surface area contributed by atoms with Crippen LogP contribution in [0.25, 0.3) is 0 Å². The number of carbonyl (C=O) groups excluding carboxylic acids is 2. The summed E-state index contributed by atoms with van der Waals surface area (Å²) in [6, 6.07) is 0. The molecule has 0 spiro atoms. The average Bonchev–Trinajstić information content (AvgIpc) is 2.87. The molecule has 1 heterocycles. The van der Waals surface area contributed by atoms with Gasteiger partial charge in [0.1, 0.15) is 4.88 Å². The molecule has 1 atom stereocenters. The molecule has 8 heteroatoms. The van der Waals surface area contributed by atoms with Crippen LogP contribution in [-0.2, 0) is 19.7 Å². The second-order valence-electron chi connectivity index (χ2n) is 5.78. The molecule has 22 heavy (non-hydrogen) atoms. The van der Waals surface area contributed by atoms with Crippen LogP contribution in [0.15, 0.2) is 0 Å². The lowest BCUT2D eigenvalue weighted by molar-refractivity contribution is -0.118. The molecule has 0 saturated heterocycles. The van der Waals surface area contributed by atoms with Gasteiger partial charge in [0.15, 0.2) is 5.13 Å². The van der Waals surface area contributed by atoms with E-state index in [-0.39, 0.29) is 30.4 Å². The van der Waals surface area contributed by atoms with Gasteiger partial charge in [-0.2, -0.15) is 0 Å². The molecule has 0 aromatic carbocycles. The predicted molar refractivity (Wildman–Crippen MR) is 85.3 cm³/mol. The van der Waals surface area contributed by atoms with Crippen molar-refractivity contribution in [2.75, 3.05) is 26.1 Å². The summed E-state index contributed by atoms with van der Waals surface area (Å²) in [5.74, 6) is -0.720. The summed E-state index contributed by atoms with van der Waals surface area (Å²) >= 11 is 1.10. The second kappa shape index (κ2) is 7.66. The number of aromatic nitrogens is 1. The fourth-order valence-corrected chi connectivity index (χ4v) is 2.86. The minimum absolute atomic E-state index is 0.130. The van der Waals surface area contributed by atoms with Gasteiger partial charge >= 0.3 is 5.97 Å². The number of ether oxygens (including phenoxy) is 2. The van der Waals surface area contributed by atoms with Crippen LogP contribution in [0.1, 0.15) is 42.6 Å². The number of thiazole rings is 1. The molecular weight excluding hydrogens is 306 g/mol. The molecule has 0 saturated carbocycles. The van der Waals surface area contributed by atoms with E-state index in [1.165, 1.54) is 14.2 Å². The molecule has 0 aliphatic heterocycles. The molecule has 124 valence electrons. The average molecular weight is 329 g/mol. The Bertz CT molecular complexity index is 533. The maximum absolute atomic E-state index is 12.0. The van der Waals surface area contributed by atoms with E-state index in [4.69, 9.17) is 15.2 Å². The lowest BCUT2D eigenvalue weighted by Crippen LogP contribution is -2.28. The third-order valence-corrected chi connectivity index (χ3v) is 3.91. The molecule has 1 rings (SSSR count). The van der Waals surface area contributed by atoms with E-state index in [2.05, 4.69) is 10.3 Å². The highest BCUT2D eigenvalue weighted by molar-refractivity contribution is 7.17. The SMILES string of the molecule is COC(=O)c1sc(NC(=O)CC(CN)OC)nc1C(C)(C)C. The van der Waals surface area contributed by atoms with Crippen molar-refractivity contribution in [2.45, 2.75) is 38.7 Å². The lowest BCUT2D eigenvalue weighted by Gasteiger charge is -2.16. The van der Waals surface area contributed by atoms with E-state index in [0.29, 0.717) is 15.7 Å². The van der Waals surface area contributed by atoms with Crippen LogP contribution in [0.4, 0.5) is 5.13 Å². The zero-order chi connectivity index (χ0) is 16.9. The first-order valence-electron chi connectivity index (χ1n) is 6.85. The Hall–Kier alpha value is -1.51. The first-order valence-corrected chi connectivity index (χ1v) is 7.66. The molecule has 0 fully saturated rings. The van der Waals surface area contributed by atoms with E-state index in [1.807, 2.05) is 20.8 Å². The maximum atomic E-state index is 12.0. The Balaban J connectivity index is 2.95. The predicted octanol–water partition coefficient (Wildman–Crippen LogP) is 1.53. The van der Waals surface area contributed by atoms with Gasteiger partial charge in [0.2, 0.25) is 5.91 Å². The number of amides is 1. The van der Waals surface area contributed by atoms with Crippen molar-refractivity contribution in [1.29, 1.82) is 0 Å². The molecule has 3 N–H and O–H groups in total. The van der Waals surface area contributed by atoms with Gasteiger partial charge in [0.25, 0.3) is 0 Å². The summed E-state index contributed by atoms with van der Waals surface area (Å²) in [6.45, 7) is 6.07. The highest BCUT2D eigenvalue weighted by Gasteiger charge is 2.28. The van der Waals surface area contributed by atoms with E-state index in [9.17, 15) is 9.59 Å². The van der Waals surface area contributed by atoms with Crippen molar-refractivity contribution in [2.24, 2.45) is 5.73 Å². The van der Waals surface area contributed by atoms with Gasteiger partial charge in [-0.1, -0.05) is 32.1 Å². The Labute approximate surface area is 134 Å². The highest BCUT2D eigenvalue weighted by atomic mass is 32.1. The number of anilines is 1. The summed E-state index contributed by atoms with van der Waals surface area (Å²) < 4.78 is 9.84. The topological polar surface area (TPSA) is 104 Å². The molecule has 0 bridgehead atoms. The van der Waals surface area contributed by atoms with E-state index in [1.54, 1.807) is 0 Å². The normalized spacial score (nSPS) is 12.8. The second-order valence-corrected chi connectivity index (χ2v) is 6.78. The Morgan fingerprint density at radius 1 is 1.36 bits per heavy atom. The third-order valence-electron chi connectivity index (χ3n) is 2.96. The number of methoxy groups -OCH3 is 2. The maximum Gasteiger partial charge on any atom is 0.350 e. The van der Waals surface area contributed by atoms with Crippen molar-refractivity contribution in [1.82, 2.24) is 4.98 Å². The quantitative estimate of drug-likeness (QED) is 0.767. The fraction of sp³-hybridized carbons (Fsp3) is 0.643. The summed E-state index contributed by atoms with van der Waals surface area (Å²) in [5, 5.41) is 3.04. The van der Waals surface area contributed by atoms with Crippen LogP contribution in [0.2, 0.25) is 0 Å². The smallest absolute Gasteiger partial charge is 0.350 e. The third kappa shape index (κ3) is 4.75. The van der Waals surface area contributed by atoms with Gasteiger partial charge in [-0.3, -0.25) is 4.79 Å². The molecule has 0 aliphatic carbocycles. The van der Waals surface area contributed by atoms with Crippen LogP contribution in [0.5, 0.6) is 0 Å². The van der Waals surface area contributed by atoms with Crippen LogP contribution in [-0.4, -0.2) is 43.7 Å². The Morgan fingerprint density at radius 2 is 2.00 bits per heavy atom. The monoisotopic (exact) mass is 329 g/mol. The first kappa shape index (κ1) is 18.5. The summed E-state index contributed by atoms with van der Waals surface area (Å²) in [4.78, 5) is 28.6. The molecule has 0 radical (unpaired) electrons. The number of hydrogen-bond donors (Lipinski definition) is 2. The zero-order valence-electron chi connectivity index (χ0n) is 13.6. The van der Waals surface area contributed by atoms with Crippen LogP contribution in [0.3, 0.4) is 0 Å². The van der Waals surface area contributed by atoms with E-state index in [0.717, 1.165) is 11.3 Å².